The highest BCUT2D eigenvalue weighted by Crippen LogP contribution is 2.69. The van der Waals surface area contributed by atoms with E-state index in [1.165, 1.54) is 25.7 Å². The summed E-state index contributed by atoms with van der Waals surface area (Å²) in [7, 11) is 0. The lowest BCUT2D eigenvalue weighted by Crippen LogP contribution is -2.32. The molecule has 0 aromatic rings. The van der Waals surface area contributed by atoms with Gasteiger partial charge in [0.25, 0.3) is 0 Å². The van der Waals surface area contributed by atoms with Gasteiger partial charge in [-0.15, -0.1) is 0 Å². The van der Waals surface area contributed by atoms with Crippen molar-refractivity contribution in [2.75, 3.05) is 19.7 Å². The molecule has 74 valence electrons. The maximum Gasteiger partial charge on any atom is 0.0599 e. The Kier molecular flexibility index (Phi) is 2.06. The van der Waals surface area contributed by atoms with Crippen molar-refractivity contribution in [3.05, 3.63) is 0 Å². The first kappa shape index (κ1) is 8.25. The first-order valence-corrected chi connectivity index (χ1v) is 5.77. The molecule has 0 aromatic carbocycles. The summed E-state index contributed by atoms with van der Waals surface area (Å²) in [6.45, 7) is 3.33. The summed E-state index contributed by atoms with van der Waals surface area (Å²) in [6, 6.07) is 0. The normalized spacial score (nSPS) is 42.9. The van der Waals surface area contributed by atoms with E-state index < -0.39 is 0 Å². The largest absolute Gasteiger partial charge is 0.378 e. The van der Waals surface area contributed by atoms with Gasteiger partial charge in [-0.1, -0.05) is 0 Å². The minimum atomic E-state index is 0.566. The predicted molar refractivity (Wildman–Crippen MR) is 51.5 cm³/mol. The highest BCUT2D eigenvalue weighted by molar-refractivity contribution is 5.11. The molecule has 1 heterocycles. The Hall–Kier alpha value is -0.0800. The molecule has 2 saturated carbocycles. The molecular weight excluding hydrogens is 162 g/mol. The lowest BCUT2D eigenvalue weighted by molar-refractivity contribution is 0.0277. The van der Waals surface area contributed by atoms with Crippen LogP contribution in [0.1, 0.15) is 25.7 Å². The quantitative estimate of drug-likeness (QED) is 0.708. The van der Waals surface area contributed by atoms with Gasteiger partial charge >= 0.3 is 0 Å². The second-order valence-electron chi connectivity index (χ2n) is 4.84. The topological polar surface area (TPSA) is 21.3 Å². The van der Waals surface area contributed by atoms with Crippen LogP contribution in [0.3, 0.4) is 0 Å². The third-order valence-corrected chi connectivity index (χ3v) is 3.94. The fraction of sp³-hybridized carbons (Fsp3) is 1.00. The van der Waals surface area contributed by atoms with Gasteiger partial charge < -0.3 is 10.1 Å². The highest BCUT2D eigenvalue weighted by atomic mass is 16.5. The summed E-state index contributed by atoms with van der Waals surface area (Å²) in [4.78, 5) is 0. The van der Waals surface area contributed by atoms with E-state index in [0.29, 0.717) is 6.10 Å². The molecule has 0 radical (unpaired) electrons. The molecular formula is C11H19NO. The molecule has 2 aliphatic carbocycles. The van der Waals surface area contributed by atoms with Crippen LogP contribution in [0.15, 0.2) is 0 Å². The Bertz CT molecular complexity index is 181. The van der Waals surface area contributed by atoms with Crippen LogP contribution in [-0.4, -0.2) is 25.8 Å². The van der Waals surface area contributed by atoms with E-state index in [4.69, 9.17) is 4.74 Å². The van der Waals surface area contributed by atoms with Crippen LogP contribution in [0.25, 0.3) is 0 Å². The summed E-state index contributed by atoms with van der Waals surface area (Å²) in [5.74, 6) is 3.38. The van der Waals surface area contributed by atoms with Crippen LogP contribution < -0.4 is 5.32 Å². The van der Waals surface area contributed by atoms with Crippen LogP contribution in [0, 0.1) is 17.8 Å². The van der Waals surface area contributed by atoms with Crippen molar-refractivity contribution < 1.29 is 4.74 Å². The molecule has 3 fully saturated rings. The van der Waals surface area contributed by atoms with E-state index in [-0.39, 0.29) is 0 Å². The number of fused-ring (bicyclic) bond motifs is 1. The molecule has 3 rings (SSSR count). The van der Waals surface area contributed by atoms with E-state index in [1.54, 1.807) is 0 Å². The second kappa shape index (κ2) is 3.25. The Morgan fingerprint density at radius 1 is 1.15 bits per heavy atom. The van der Waals surface area contributed by atoms with E-state index >= 15 is 0 Å². The summed E-state index contributed by atoms with van der Waals surface area (Å²) in [6.07, 6.45) is 5.89. The summed E-state index contributed by atoms with van der Waals surface area (Å²) in [5.41, 5.74) is 0. The van der Waals surface area contributed by atoms with Crippen LogP contribution in [0.4, 0.5) is 0 Å². The average molecular weight is 181 g/mol. The maximum absolute atomic E-state index is 5.86. The molecule has 1 aliphatic heterocycles. The molecule has 2 nitrogen and oxygen atoms in total. The monoisotopic (exact) mass is 181 g/mol. The van der Waals surface area contributed by atoms with Gasteiger partial charge in [-0.2, -0.15) is 0 Å². The molecule has 3 aliphatic rings. The Balaban J connectivity index is 1.29. The number of nitrogens with one attached hydrogen (secondary N) is 1. The summed E-state index contributed by atoms with van der Waals surface area (Å²) < 4.78 is 5.86. The number of hydrogen-bond donors (Lipinski definition) is 1. The minimum Gasteiger partial charge on any atom is -0.378 e. The molecule has 2 atom stereocenters. The zero-order valence-electron chi connectivity index (χ0n) is 8.17. The van der Waals surface area contributed by atoms with Crippen LogP contribution in [0.2, 0.25) is 0 Å². The van der Waals surface area contributed by atoms with Crippen molar-refractivity contribution in [2.45, 2.75) is 31.8 Å². The molecule has 0 aromatic heterocycles. The van der Waals surface area contributed by atoms with Gasteiger partial charge in [0.1, 0.15) is 0 Å². The third kappa shape index (κ3) is 1.75. The molecule has 0 spiro atoms. The molecule has 2 unspecified atom stereocenters. The van der Waals surface area contributed by atoms with Gasteiger partial charge in [-0.25, -0.2) is 0 Å². The van der Waals surface area contributed by atoms with E-state index in [9.17, 15) is 0 Å². The maximum atomic E-state index is 5.86. The van der Waals surface area contributed by atoms with Gasteiger partial charge in [0, 0.05) is 6.61 Å². The first-order chi connectivity index (χ1) is 6.45. The number of ether oxygens (including phenoxy) is 1. The van der Waals surface area contributed by atoms with Crippen LogP contribution in [-0.2, 0) is 4.74 Å². The fourth-order valence-electron chi connectivity index (χ4n) is 2.67. The van der Waals surface area contributed by atoms with Gasteiger partial charge in [-0.3, -0.25) is 0 Å². The van der Waals surface area contributed by atoms with Crippen molar-refractivity contribution in [3.8, 4) is 0 Å². The van der Waals surface area contributed by atoms with Crippen LogP contribution >= 0.6 is 0 Å². The third-order valence-electron chi connectivity index (χ3n) is 3.94. The van der Waals surface area contributed by atoms with Gasteiger partial charge in [-0.05, 0) is 56.5 Å². The van der Waals surface area contributed by atoms with Crippen molar-refractivity contribution in [3.63, 3.8) is 0 Å². The zero-order valence-corrected chi connectivity index (χ0v) is 8.17. The number of piperidine rings is 1. The molecule has 0 amide bonds. The standard InChI is InChI=1S/C11H19NO/c1-4-12-5-2-8(1)13-6-3-9-10-7-11(9)10/h8-12H,1-7H2. The Labute approximate surface area is 80.0 Å². The number of hydrogen-bond acceptors (Lipinski definition) is 2. The molecule has 2 heteroatoms. The lowest BCUT2D eigenvalue weighted by atomic mass is 10.1. The Morgan fingerprint density at radius 3 is 2.54 bits per heavy atom. The number of rotatable bonds is 4. The smallest absolute Gasteiger partial charge is 0.0599 e. The van der Waals surface area contributed by atoms with E-state index in [2.05, 4.69) is 5.32 Å². The van der Waals surface area contributed by atoms with E-state index in [1.807, 2.05) is 0 Å². The lowest BCUT2D eigenvalue weighted by Gasteiger charge is -2.23. The molecule has 1 N–H and O–H groups in total. The first-order valence-electron chi connectivity index (χ1n) is 5.77. The zero-order chi connectivity index (χ0) is 8.67. The highest BCUT2D eigenvalue weighted by Gasteiger charge is 2.63. The average Bonchev–Trinajstić information content (AvgIpc) is 3.03. The van der Waals surface area contributed by atoms with Crippen molar-refractivity contribution in [2.24, 2.45) is 17.8 Å². The Morgan fingerprint density at radius 2 is 1.92 bits per heavy atom. The van der Waals surface area contributed by atoms with Crippen LogP contribution in [0.5, 0.6) is 0 Å². The van der Waals surface area contributed by atoms with E-state index in [0.717, 1.165) is 37.5 Å². The summed E-state index contributed by atoms with van der Waals surface area (Å²) in [5, 5.41) is 3.36. The van der Waals surface area contributed by atoms with Crippen molar-refractivity contribution in [1.29, 1.82) is 0 Å². The molecule has 13 heavy (non-hydrogen) atoms. The van der Waals surface area contributed by atoms with Gasteiger partial charge in [0.2, 0.25) is 0 Å². The molecule has 0 bridgehead atoms. The van der Waals surface area contributed by atoms with Gasteiger partial charge in [0.15, 0.2) is 0 Å². The fourth-order valence-corrected chi connectivity index (χ4v) is 2.67. The molecule has 1 saturated heterocycles. The van der Waals surface area contributed by atoms with Gasteiger partial charge in [0.05, 0.1) is 6.10 Å². The van der Waals surface area contributed by atoms with Crippen molar-refractivity contribution >= 4 is 0 Å². The predicted octanol–water partition coefficient (Wildman–Crippen LogP) is 1.41. The minimum absolute atomic E-state index is 0.566. The SMILES string of the molecule is C1CC(OCCC2C3CC23)CCN1. The van der Waals surface area contributed by atoms with Crippen molar-refractivity contribution in [1.82, 2.24) is 5.32 Å². The second-order valence-corrected chi connectivity index (χ2v) is 4.84. The summed E-state index contributed by atoms with van der Waals surface area (Å²) >= 11 is 0.